The maximum atomic E-state index is 5.79. The van der Waals surface area contributed by atoms with Crippen LogP contribution in [0, 0.1) is 0 Å². The smallest absolute Gasteiger partial charge is 0.222 e. The monoisotopic (exact) mass is 304 g/mol. The van der Waals surface area contributed by atoms with Gasteiger partial charge in [0.2, 0.25) is 5.95 Å². The number of aromatic nitrogens is 2. The summed E-state index contributed by atoms with van der Waals surface area (Å²) in [6.45, 7) is 1.87. The number of methoxy groups -OCH3 is 1. The van der Waals surface area contributed by atoms with Crippen LogP contribution in [0.1, 0.15) is 6.42 Å². The summed E-state index contributed by atoms with van der Waals surface area (Å²) in [6.07, 6.45) is 4.23. The summed E-state index contributed by atoms with van der Waals surface area (Å²) in [5.41, 5.74) is 1.13. The van der Waals surface area contributed by atoms with Gasteiger partial charge in [-0.25, -0.2) is 9.97 Å². The Hall–Kier alpha value is -2.01. The second-order valence-corrected chi connectivity index (χ2v) is 5.41. The lowest BCUT2D eigenvalue weighted by Gasteiger charge is -2.21. The van der Waals surface area contributed by atoms with Crippen molar-refractivity contribution in [3.05, 3.63) is 41.7 Å². The van der Waals surface area contributed by atoms with Gasteiger partial charge in [0.1, 0.15) is 5.75 Å². The number of para-hydroxylation sites is 2. The average molecular weight is 305 g/mol. The molecule has 0 bridgehead atoms. The number of benzene rings is 1. The summed E-state index contributed by atoms with van der Waals surface area (Å²) in [4.78, 5) is 10.7. The molecule has 6 heteroatoms. The molecule has 1 N–H and O–H groups in total. The first-order chi connectivity index (χ1) is 10.3. The van der Waals surface area contributed by atoms with E-state index in [1.54, 1.807) is 19.5 Å². The highest BCUT2D eigenvalue weighted by molar-refractivity contribution is 6.30. The van der Waals surface area contributed by atoms with E-state index >= 15 is 0 Å². The van der Waals surface area contributed by atoms with Crippen molar-refractivity contribution in [2.45, 2.75) is 12.5 Å². The molecule has 1 aliphatic heterocycles. The zero-order valence-electron chi connectivity index (χ0n) is 11.8. The number of anilines is 2. The van der Waals surface area contributed by atoms with Crippen LogP contribution < -0.4 is 15.0 Å². The molecule has 1 aromatic heterocycles. The molecule has 0 spiro atoms. The number of hydrogen-bond donors (Lipinski definition) is 1. The van der Waals surface area contributed by atoms with Crippen LogP contribution in [0.5, 0.6) is 5.75 Å². The Morgan fingerprint density at radius 1 is 1.29 bits per heavy atom. The second kappa shape index (κ2) is 6.18. The van der Waals surface area contributed by atoms with E-state index in [0.717, 1.165) is 30.9 Å². The maximum absolute atomic E-state index is 5.79. The first-order valence-electron chi connectivity index (χ1n) is 6.88. The lowest BCUT2D eigenvalue weighted by atomic mass is 10.2. The molecule has 0 radical (unpaired) electrons. The van der Waals surface area contributed by atoms with Gasteiger partial charge < -0.3 is 15.0 Å². The number of rotatable bonds is 4. The minimum atomic E-state index is 0.316. The maximum Gasteiger partial charge on any atom is 0.222 e. The highest BCUT2D eigenvalue weighted by Crippen LogP contribution is 2.30. The number of nitrogens with zero attached hydrogens (tertiary/aromatic N) is 3. The Morgan fingerprint density at radius 2 is 2.05 bits per heavy atom. The molecule has 0 unspecified atom stereocenters. The molecule has 110 valence electrons. The number of ether oxygens (including phenoxy) is 1. The van der Waals surface area contributed by atoms with Crippen LogP contribution in [-0.2, 0) is 0 Å². The van der Waals surface area contributed by atoms with Crippen LogP contribution in [0.3, 0.4) is 0 Å². The van der Waals surface area contributed by atoms with E-state index in [9.17, 15) is 0 Å². The Kier molecular flexibility index (Phi) is 4.10. The van der Waals surface area contributed by atoms with E-state index in [1.807, 2.05) is 18.2 Å². The largest absolute Gasteiger partial charge is 0.495 e. The van der Waals surface area contributed by atoms with Gasteiger partial charge in [-0.05, 0) is 18.6 Å². The molecule has 0 aliphatic carbocycles. The van der Waals surface area contributed by atoms with Crippen LogP contribution in [0.4, 0.5) is 11.6 Å². The normalized spacial score (nSPS) is 17.8. The lowest BCUT2D eigenvalue weighted by molar-refractivity contribution is 0.415. The van der Waals surface area contributed by atoms with Crippen LogP contribution in [-0.4, -0.2) is 36.2 Å². The molecule has 0 amide bonds. The first-order valence-corrected chi connectivity index (χ1v) is 7.26. The second-order valence-electron chi connectivity index (χ2n) is 4.97. The van der Waals surface area contributed by atoms with Crippen LogP contribution in [0.15, 0.2) is 36.7 Å². The molecule has 1 atom stereocenters. The quantitative estimate of drug-likeness (QED) is 0.941. The zero-order valence-corrected chi connectivity index (χ0v) is 12.5. The highest BCUT2D eigenvalue weighted by Gasteiger charge is 2.24. The van der Waals surface area contributed by atoms with E-state index in [4.69, 9.17) is 16.3 Å². The molecule has 3 rings (SSSR count). The van der Waals surface area contributed by atoms with Gasteiger partial charge in [0.05, 0.1) is 30.2 Å². The molecule has 0 saturated carbocycles. The Labute approximate surface area is 128 Å². The van der Waals surface area contributed by atoms with Gasteiger partial charge in [-0.3, -0.25) is 0 Å². The van der Waals surface area contributed by atoms with Crippen LogP contribution in [0.25, 0.3) is 0 Å². The Balaban J connectivity index is 1.66. The number of nitrogens with one attached hydrogen (secondary N) is 1. The van der Waals surface area contributed by atoms with Crippen LogP contribution >= 0.6 is 11.6 Å². The van der Waals surface area contributed by atoms with Gasteiger partial charge in [-0.1, -0.05) is 23.7 Å². The van der Waals surface area contributed by atoms with Crippen molar-refractivity contribution in [3.63, 3.8) is 0 Å². The van der Waals surface area contributed by atoms with Gasteiger partial charge >= 0.3 is 0 Å². The van der Waals surface area contributed by atoms with Crippen LogP contribution in [0.2, 0.25) is 5.02 Å². The molecular weight excluding hydrogens is 288 g/mol. The summed E-state index contributed by atoms with van der Waals surface area (Å²) in [5, 5.41) is 3.89. The van der Waals surface area contributed by atoms with Crippen molar-refractivity contribution in [2.75, 3.05) is 30.4 Å². The first kappa shape index (κ1) is 13.9. The third-order valence-electron chi connectivity index (χ3n) is 3.57. The molecule has 1 fully saturated rings. The molecule has 1 aliphatic rings. The summed E-state index contributed by atoms with van der Waals surface area (Å²) >= 11 is 5.79. The summed E-state index contributed by atoms with van der Waals surface area (Å²) in [6, 6.07) is 8.39. The molecular formula is C15H17ClN4O. The Bertz CT molecular complexity index is 605. The van der Waals surface area contributed by atoms with E-state index in [2.05, 4.69) is 26.3 Å². The van der Waals surface area contributed by atoms with Gasteiger partial charge in [0.15, 0.2) is 0 Å². The fourth-order valence-corrected chi connectivity index (χ4v) is 2.65. The van der Waals surface area contributed by atoms with Crippen molar-refractivity contribution in [1.29, 1.82) is 0 Å². The van der Waals surface area contributed by atoms with E-state index in [0.29, 0.717) is 17.0 Å². The summed E-state index contributed by atoms with van der Waals surface area (Å²) < 4.78 is 5.42. The average Bonchev–Trinajstić information content (AvgIpc) is 2.98. The van der Waals surface area contributed by atoms with Gasteiger partial charge in [-0.2, -0.15) is 0 Å². The van der Waals surface area contributed by atoms with Crippen molar-refractivity contribution < 1.29 is 4.74 Å². The topological polar surface area (TPSA) is 50.3 Å². The van der Waals surface area contributed by atoms with Gasteiger partial charge in [-0.15, -0.1) is 0 Å². The lowest BCUT2D eigenvalue weighted by Crippen LogP contribution is -2.26. The van der Waals surface area contributed by atoms with E-state index in [-0.39, 0.29) is 0 Å². The van der Waals surface area contributed by atoms with E-state index in [1.165, 1.54) is 0 Å². The molecule has 21 heavy (non-hydrogen) atoms. The van der Waals surface area contributed by atoms with Crippen molar-refractivity contribution >= 4 is 23.2 Å². The van der Waals surface area contributed by atoms with Gasteiger partial charge in [0, 0.05) is 19.1 Å². The SMILES string of the molecule is COc1ccccc1N1CC[C@@H](Nc2ncc(Cl)cn2)C1. The predicted molar refractivity (Wildman–Crippen MR) is 84.3 cm³/mol. The molecule has 2 heterocycles. The molecule has 1 saturated heterocycles. The van der Waals surface area contributed by atoms with Gasteiger partial charge in [0.25, 0.3) is 0 Å². The van der Waals surface area contributed by atoms with E-state index < -0.39 is 0 Å². The summed E-state index contributed by atoms with van der Waals surface area (Å²) in [5.74, 6) is 1.52. The zero-order chi connectivity index (χ0) is 14.7. The number of halogens is 1. The highest BCUT2D eigenvalue weighted by atomic mass is 35.5. The number of hydrogen-bond acceptors (Lipinski definition) is 5. The minimum Gasteiger partial charge on any atom is -0.495 e. The minimum absolute atomic E-state index is 0.316. The van der Waals surface area contributed by atoms with Crippen molar-refractivity contribution in [1.82, 2.24) is 9.97 Å². The third kappa shape index (κ3) is 3.19. The summed E-state index contributed by atoms with van der Waals surface area (Å²) in [7, 11) is 1.70. The Morgan fingerprint density at radius 3 is 2.81 bits per heavy atom. The van der Waals surface area contributed by atoms with Crippen molar-refractivity contribution in [3.8, 4) is 5.75 Å². The standard InChI is InChI=1S/C15H17ClN4O/c1-21-14-5-3-2-4-13(14)20-7-6-12(10-20)19-15-17-8-11(16)9-18-15/h2-5,8-9,12H,6-7,10H2,1H3,(H,17,18,19)/t12-/m1/s1. The molecule has 2 aromatic rings. The van der Waals surface area contributed by atoms with Crippen molar-refractivity contribution in [2.24, 2.45) is 0 Å². The third-order valence-corrected chi connectivity index (χ3v) is 3.76. The predicted octanol–water partition coefficient (Wildman–Crippen LogP) is 2.83. The molecule has 1 aromatic carbocycles. The fourth-order valence-electron chi connectivity index (χ4n) is 2.56. The molecule has 5 nitrogen and oxygen atoms in total. The fraction of sp³-hybridized carbons (Fsp3) is 0.333.